The summed E-state index contributed by atoms with van der Waals surface area (Å²) in [5.74, 6) is 4.26. The maximum Gasteiger partial charge on any atom is 0.253 e. The van der Waals surface area contributed by atoms with Gasteiger partial charge in [0.05, 0.1) is 35.3 Å². The largest absolute Gasteiger partial charge is 0.489 e. The van der Waals surface area contributed by atoms with Crippen LogP contribution >= 0.6 is 15.9 Å². The molecule has 2 amide bonds. The number of aliphatic hydroxyl groups excluding tert-OH is 2. The molecule has 1 unspecified atom stereocenters. The molecule has 2 fully saturated rings. The van der Waals surface area contributed by atoms with Crippen LogP contribution in [0.15, 0.2) is 133 Å². The number of nitrogens with zero attached hydrogens (tertiary/aromatic N) is 5. The zero-order chi connectivity index (χ0) is 55.1. The Morgan fingerprint density at radius 3 is 1.64 bits per heavy atom. The van der Waals surface area contributed by atoms with Gasteiger partial charge in [0.2, 0.25) is 0 Å². The number of hydrogen-bond donors (Lipinski definition) is 3. The number of aliphatic hydroxyl groups is 2. The lowest BCUT2D eigenvalue weighted by molar-refractivity contribution is 0.0703. The van der Waals surface area contributed by atoms with Crippen LogP contribution in [0, 0.1) is 23.5 Å². The molecule has 3 N–H and O–H groups in total. The van der Waals surface area contributed by atoms with Gasteiger partial charge >= 0.3 is 0 Å². The smallest absolute Gasteiger partial charge is 0.253 e. The van der Waals surface area contributed by atoms with Gasteiger partial charge in [0.15, 0.2) is 0 Å². The zero-order valence-electron chi connectivity index (χ0n) is 45.0. The molecule has 2 aromatic heterocycles. The summed E-state index contributed by atoms with van der Waals surface area (Å²) in [6.07, 6.45) is 4.68. The van der Waals surface area contributed by atoms with Crippen molar-refractivity contribution in [3.8, 4) is 11.5 Å². The molecule has 2 aliphatic rings. The fraction of sp³-hybridized carbons (Fsp3) is 0.365. The molecule has 2 saturated heterocycles. The second-order valence-electron chi connectivity index (χ2n) is 20.7. The van der Waals surface area contributed by atoms with Crippen LogP contribution in [-0.4, -0.2) is 82.9 Å². The number of aromatic amines is 1. The van der Waals surface area contributed by atoms with Gasteiger partial charge < -0.3 is 39.0 Å². The molecule has 4 heterocycles. The quantitative estimate of drug-likeness (QED) is 0.0811. The highest BCUT2D eigenvalue weighted by atomic mass is 79.9. The van der Waals surface area contributed by atoms with Crippen LogP contribution in [0.1, 0.15) is 126 Å². The van der Waals surface area contributed by atoms with Crippen molar-refractivity contribution in [1.82, 2.24) is 29.3 Å². The van der Waals surface area contributed by atoms with Crippen LogP contribution in [0.2, 0.25) is 0 Å². The number of aromatic nitrogens is 4. The summed E-state index contributed by atoms with van der Waals surface area (Å²) >= 11 is 3.37. The number of piperidine rings is 2. The van der Waals surface area contributed by atoms with Crippen LogP contribution < -0.4 is 9.47 Å². The minimum absolute atomic E-state index is 0.0505. The molecule has 6 aromatic carbocycles. The summed E-state index contributed by atoms with van der Waals surface area (Å²) < 4.78 is 40.8. The van der Waals surface area contributed by atoms with Crippen LogP contribution in [-0.2, 0) is 33.0 Å². The number of likely N-dealkylation sites (tertiary alicyclic amines) is 2. The van der Waals surface area contributed by atoms with Crippen LogP contribution in [0.4, 0.5) is 8.78 Å². The molecule has 0 spiro atoms. The van der Waals surface area contributed by atoms with Crippen molar-refractivity contribution < 1.29 is 38.1 Å². The van der Waals surface area contributed by atoms with Gasteiger partial charge in [-0.1, -0.05) is 98.6 Å². The number of para-hydroxylation sites is 4. The molecule has 410 valence electrons. The Balaban J connectivity index is 0.000000187. The summed E-state index contributed by atoms with van der Waals surface area (Å²) in [6.45, 7) is 12.2. The molecule has 8 aromatic rings. The molecule has 2 aliphatic heterocycles. The molecule has 0 radical (unpaired) electrons. The van der Waals surface area contributed by atoms with E-state index in [9.17, 15) is 28.6 Å². The van der Waals surface area contributed by atoms with E-state index in [-0.39, 0.29) is 49.9 Å². The minimum Gasteiger partial charge on any atom is -0.489 e. The number of halogens is 3. The molecular formula is C63H71BrF2N6O6. The molecule has 1 atom stereocenters. The maximum absolute atomic E-state index is 13.5. The Hall–Kier alpha value is -6.94. The third-order valence-electron chi connectivity index (χ3n) is 14.4. The number of imidazole rings is 2. The molecule has 0 bridgehead atoms. The van der Waals surface area contributed by atoms with E-state index in [4.69, 9.17) is 19.4 Å². The number of nitrogens with one attached hydrogen (secondary N) is 1. The average molecular weight is 1130 g/mol. The first-order valence-corrected chi connectivity index (χ1v) is 28.2. The highest BCUT2D eigenvalue weighted by Crippen LogP contribution is 2.33. The van der Waals surface area contributed by atoms with Crippen molar-refractivity contribution in [3.63, 3.8) is 0 Å². The van der Waals surface area contributed by atoms with Gasteiger partial charge in [-0.3, -0.25) is 9.59 Å². The summed E-state index contributed by atoms with van der Waals surface area (Å²) in [4.78, 5) is 43.3. The lowest BCUT2D eigenvalue weighted by Crippen LogP contribution is -2.38. The number of alkyl halides is 1. The van der Waals surface area contributed by atoms with Gasteiger partial charge in [-0.15, -0.1) is 0 Å². The maximum atomic E-state index is 13.5. The standard InChI is InChI=1S/C31H34FN3O3.C27H26FN3O3.C5H11Br/c1-21(2)18-35-28-9-4-3-8-27(28)33-30(35)23-12-14-34(15-13-23)31(37)24-10-11-29(25(17-24)19-36)38-20-22-6-5-7-26(32)16-22;28-22-5-3-4-18(14-22)17-34-25-9-8-20(15-21(25)16-32)27(33)31-12-10-19(11-13-31)26-29-23-6-1-2-7-24(23)30-26;1-3-5(2)4-6/h3-11,16-17,21,23,36H,12-15,18-20H2,1-2H3;1-9,14-15,19,32H,10-13,16-17H2,(H,29,30);5H,3-4H2,1-2H3. The van der Waals surface area contributed by atoms with E-state index in [1.165, 1.54) is 36.2 Å². The van der Waals surface area contributed by atoms with Crippen molar-refractivity contribution in [2.75, 3.05) is 31.5 Å². The molecular weight excluding hydrogens is 1050 g/mol. The van der Waals surface area contributed by atoms with E-state index in [2.05, 4.69) is 71.4 Å². The van der Waals surface area contributed by atoms with Crippen molar-refractivity contribution in [1.29, 1.82) is 0 Å². The summed E-state index contributed by atoms with van der Waals surface area (Å²) in [6, 6.07) is 38.9. The van der Waals surface area contributed by atoms with Gasteiger partial charge in [-0.05, 0) is 134 Å². The number of hydrogen-bond acceptors (Lipinski definition) is 8. The number of carbonyl (C=O) groups is 2. The number of fused-ring (bicyclic) bond motifs is 2. The first-order valence-electron chi connectivity index (χ1n) is 27.1. The second-order valence-corrected chi connectivity index (χ2v) is 21.3. The normalized spacial score (nSPS) is 14.4. The molecule has 78 heavy (non-hydrogen) atoms. The third-order valence-corrected chi connectivity index (χ3v) is 15.5. The van der Waals surface area contributed by atoms with Gasteiger partial charge in [-0.25, -0.2) is 18.7 Å². The van der Waals surface area contributed by atoms with Gasteiger partial charge in [0.1, 0.15) is 48.0 Å². The van der Waals surface area contributed by atoms with E-state index in [0.717, 1.165) is 71.7 Å². The molecule has 0 saturated carbocycles. The van der Waals surface area contributed by atoms with Gasteiger partial charge in [0, 0.05) is 72.1 Å². The topological polar surface area (TPSA) is 146 Å². The zero-order valence-corrected chi connectivity index (χ0v) is 46.6. The van der Waals surface area contributed by atoms with E-state index in [0.29, 0.717) is 88.8 Å². The van der Waals surface area contributed by atoms with Gasteiger partial charge in [0.25, 0.3) is 11.8 Å². The Bertz CT molecular complexity index is 3220. The number of carbonyl (C=O) groups excluding carboxylic acids is 2. The molecule has 0 aliphatic carbocycles. The van der Waals surface area contributed by atoms with Crippen LogP contribution in [0.25, 0.3) is 22.1 Å². The first kappa shape index (κ1) is 57.2. The third kappa shape index (κ3) is 14.8. The van der Waals surface area contributed by atoms with Gasteiger partial charge in [-0.2, -0.15) is 0 Å². The number of amides is 2. The van der Waals surface area contributed by atoms with Crippen LogP contribution in [0.5, 0.6) is 11.5 Å². The Labute approximate surface area is 464 Å². The summed E-state index contributed by atoms with van der Waals surface area (Å²) in [7, 11) is 0. The second kappa shape index (κ2) is 27.6. The fourth-order valence-corrected chi connectivity index (χ4v) is 10.3. The predicted molar refractivity (Wildman–Crippen MR) is 306 cm³/mol. The highest BCUT2D eigenvalue weighted by molar-refractivity contribution is 9.09. The van der Waals surface area contributed by atoms with Crippen molar-refractivity contribution in [2.45, 2.75) is 105 Å². The first-order chi connectivity index (χ1) is 37.8. The number of rotatable bonds is 16. The fourth-order valence-electron chi connectivity index (χ4n) is 9.83. The van der Waals surface area contributed by atoms with E-state index >= 15 is 0 Å². The van der Waals surface area contributed by atoms with E-state index < -0.39 is 0 Å². The number of ether oxygens (including phenoxy) is 2. The Morgan fingerprint density at radius 1 is 0.654 bits per heavy atom. The average Bonchev–Trinajstić information content (AvgIpc) is 4.13. The SMILES string of the molecule is CC(C)Cn1c(C2CCN(C(=O)c3ccc(OCc4cccc(F)c4)c(CO)c3)CC2)nc2ccccc21.CCC(C)CBr.O=C(c1ccc(OCc2cccc(F)c2)c(CO)c1)N1CCC(c2nc3ccccc3[nH]2)CC1. The van der Waals surface area contributed by atoms with Crippen molar-refractivity contribution in [2.24, 2.45) is 11.8 Å². The highest BCUT2D eigenvalue weighted by Gasteiger charge is 2.30. The summed E-state index contributed by atoms with van der Waals surface area (Å²) in [5.41, 5.74) is 7.68. The molecule has 10 rings (SSSR count). The Kier molecular flexibility index (Phi) is 20.2. The molecule has 15 heteroatoms. The number of H-pyrrole nitrogens is 1. The monoisotopic (exact) mass is 1120 g/mol. The van der Waals surface area contributed by atoms with Crippen molar-refractivity contribution in [3.05, 3.63) is 190 Å². The lowest BCUT2D eigenvalue weighted by Gasteiger charge is -2.32. The Morgan fingerprint density at radius 2 is 1.17 bits per heavy atom. The van der Waals surface area contributed by atoms with E-state index in [1.54, 1.807) is 60.7 Å². The number of benzene rings is 6. The van der Waals surface area contributed by atoms with Crippen LogP contribution in [0.3, 0.4) is 0 Å². The predicted octanol–water partition coefficient (Wildman–Crippen LogP) is 13.1. The van der Waals surface area contributed by atoms with E-state index in [1.807, 2.05) is 40.1 Å². The minimum atomic E-state index is -0.325. The summed E-state index contributed by atoms with van der Waals surface area (Å²) in [5, 5.41) is 20.9. The lowest BCUT2D eigenvalue weighted by atomic mass is 9.95. The van der Waals surface area contributed by atoms with Crippen molar-refractivity contribution >= 4 is 49.8 Å². The molecule has 12 nitrogen and oxygen atoms in total.